The number of hydrogen-bond acceptors (Lipinski definition) is 1. The van der Waals surface area contributed by atoms with Gasteiger partial charge in [-0.2, -0.15) is 0 Å². The van der Waals surface area contributed by atoms with E-state index in [1.165, 1.54) is 27.5 Å². The second-order valence-corrected chi connectivity index (χ2v) is 6.99. The van der Waals surface area contributed by atoms with Gasteiger partial charge < -0.3 is 4.74 Å². The Morgan fingerprint density at radius 2 is 1.74 bits per heavy atom. The molecule has 0 bridgehead atoms. The first-order valence-electron chi connectivity index (χ1n) is 9.45. The molecule has 3 aromatic rings. The fraction of sp³-hybridized carbons (Fsp3) is 0.231. The molecule has 0 saturated heterocycles. The Labute approximate surface area is 162 Å². The summed E-state index contributed by atoms with van der Waals surface area (Å²) in [7, 11) is 1.67. The smallest absolute Gasteiger partial charge is 0.0788 e. The molecule has 0 radical (unpaired) electrons. The summed E-state index contributed by atoms with van der Waals surface area (Å²) in [6.07, 6.45) is 5.37. The quantitative estimate of drug-likeness (QED) is 0.388. The van der Waals surface area contributed by atoms with E-state index in [1.54, 1.807) is 13.4 Å². The number of fused-ring (bicyclic) bond motifs is 1. The Balaban J connectivity index is 1.89. The summed E-state index contributed by atoms with van der Waals surface area (Å²) < 4.78 is 5.05. The monoisotopic (exact) mass is 354 g/mol. The first-order chi connectivity index (χ1) is 13.2. The maximum absolute atomic E-state index is 5.05. The van der Waals surface area contributed by atoms with Crippen LogP contribution in [0, 0.1) is 11.8 Å². The van der Waals surface area contributed by atoms with E-state index in [4.69, 9.17) is 4.74 Å². The van der Waals surface area contributed by atoms with Crippen molar-refractivity contribution in [3.63, 3.8) is 0 Å². The molecule has 0 aliphatic heterocycles. The molecule has 0 N–H and O–H groups in total. The van der Waals surface area contributed by atoms with Crippen molar-refractivity contribution in [2.45, 2.75) is 32.6 Å². The second kappa shape index (κ2) is 9.10. The van der Waals surface area contributed by atoms with Gasteiger partial charge in [-0.15, -0.1) is 0 Å². The summed E-state index contributed by atoms with van der Waals surface area (Å²) in [4.78, 5) is 0. The summed E-state index contributed by atoms with van der Waals surface area (Å²) >= 11 is 0. The average molecular weight is 354 g/mol. The van der Waals surface area contributed by atoms with Gasteiger partial charge in [0, 0.05) is 12.0 Å². The lowest BCUT2D eigenvalue weighted by Crippen LogP contribution is -1.94. The lowest BCUT2D eigenvalue weighted by atomic mass is 9.95. The molecule has 0 aromatic heterocycles. The summed E-state index contributed by atoms with van der Waals surface area (Å²) in [5, 5.41) is 2.54. The lowest BCUT2D eigenvalue weighted by Gasteiger charge is -2.10. The first-order valence-corrected chi connectivity index (χ1v) is 9.45. The molecule has 0 amide bonds. The van der Waals surface area contributed by atoms with E-state index in [1.807, 2.05) is 6.08 Å². The fourth-order valence-electron chi connectivity index (χ4n) is 3.24. The molecule has 0 fully saturated rings. The van der Waals surface area contributed by atoms with Crippen LogP contribution >= 0.6 is 0 Å². The molecule has 3 rings (SSSR count). The van der Waals surface area contributed by atoms with Gasteiger partial charge >= 0.3 is 0 Å². The van der Waals surface area contributed by atoms with Crippen LogP contribution in [0.15, 0.2) is 73.0 Å². The molecule has 0 saturated carbocycles. The molecular weight excluding hydrogens is 328 g/mol. The predicted molar refractivity (Wildman–Crippen MR) is 115 cm³/mol. The van der Waals surface area contributed by atoms with Crippen molar-refractivity contribution in [3.05, 3.63) is 95.3 Å². The average Bonchev–Trinajstić information content (AvgIpc) is 2.69. The molecule has 27 heavy (non-hydrogen) atoms. The third-order valence-corrected chi connectivity index (χ3v) is 4.78. The van der Waals surface area contributed by atoms with Crippen LogP contribution in [0.4, 0.5) is 0 Å². The summed E-state index contributed by atoms with van der Waals surface area (Å²) in [6.45, 7) is 4.42. The van der Waals surface area contributed by atoms with Crippen molar-refractivity contribution in [2.75, 3.05) is 7.11 Å². The molecule has 0 spiro atoms. The van der Waals surface area contributed by atoms with Crippen molar-refractivity contribution < 1.29 is 4.74 Å². The Kier molecular flexibility index (Phi) is 6.34. The minimum Gasteiger partial charge on any atom is -0.505 e. The van der Waals surface area contributed by atoms with Crippen LogP contribution in [0.2, 0.25) is 0 Å². The number of allylic oxidation sites excluding steroid dienone is 1. The largest absolute Gasteiger partial charge is 0.505 e. The van der Waals surface area contributed by atoms with Crippen molar-refractivity contribution in [2.24, 2.45) is 0 Å². The summed E-state index contributed by atoms with van der Waals surface area (Å²) in [5.41, 5.74) is 5.02. The zero-order chi connectivity index (χ0) is 19.1. The van der Waals surface area contributed by atoms with Crippen LogP contribution in [-0.2, 0) is 17.6 Å². The van der Waals surface area contributed by atoms with Gasteiger partial charge in [0.1, 0.15) is 0 Å². The van der Waals surface area contributed by atoms with Crippen LogP contribution in [0.5, 0.6) is 0 Å². The van der Waals surface area contributed by atoms with Gasteiger partial charge in [-0.1, -0.05) is 74.2 Å². The topological polar surface area (TPSA) is 9.23 Å². The fourth-order valence-corrected chi connectivity index (χ4v) is 3.24. The van der Waals surface area contributed by atoms with Crippen LogP contribution < -0.4 is 0 Å². The molecule has 1 nitrogen and oxygen atoms in total. The summed E-state index contributed by atoms with van der Waals surface area (Å²) in [5.74, 6) is 7.26. The second-order valence-electron chi connectivity index (χ2n) is 6.99. The molecule has 0 aliphatic rings. The number of methoxy groups -OCH3 is 1. The number of rotatable bonds is 5. The van der Waals surface area contributed by atoms with Crippen molar-refractivity contribution in [1.82, 2.24) is 0 Å². The minimum absolute atomic E-state index is 0.547. The van der Waals surface area contributed by atoms with Gasteiger partial charge in [0.15, 0.2) is 0 Å². The van der Waals surface area contributed by atoms with Crippen LogP contribution in [0.25, 0.3) is 10.8 Å². The highest BCUT2D eigenvalue weighted by atomic mass is 16.5. The van der Waals surface area contributed by atoms with Crippen molar-refractivity contribution >= 4 is 10.8 Å². The SMILES string of the molecule is CO/C=C/Cc1ccc2ccccc2c1CC#Cc1ccc(C(C)C)cc1. The van der Waals surface area contributed by atoms with Gasteiger partial charge in [0.2, 0.25) is 0 Å². The van der Waals surface area contributed by atoms with E-state index < -0.39 is 0 Å². The van der Waals surface area contributed by atoms with E-state index in [9.17, 15) is 0 Å². The van der Waals surface area contributed by atoms with E-state index in [2.05, 4.69) is 86.4 Å². The highest BCUT2D eigenvalue weighted by Crippen LogP contribution is 2.24. The molecule has 136 valence electrons. The van der Waals surface area contributed by atoms with Gasteiger partial charge in [-0.25, -0.2) is 0 Å². The van der Waals surface area contributed by atoms with E-state index in [0.29, 0.717) is 5.92 Å². The first kappa shape index (κ1) is 18.8. The van der Waals surface area contributed by atoms with Gasteiger partial charge in [-0.05, 0) is 58.0 Å². The highest BCUT2D eigenvalue weighted by molar-refractivity contribution is 5.87. The molecule has 1 heteroatoms. The molecule has 0 heterocycles. The van der Waals surface area contributed by atoms with E-state index in [0.717, 1.165) is 18.4 Å². The molecule has 0 atom stereocenters. The van der Waals surface area contributed by atoms with Gasteiger partial charge in [0.05, 0.1) is 13.4 Å². The lowest BCUT2D eigenvalue weighted by molar-refractivity contribution is 0.337. The number of ether oxygens (including phenoxy) is 1. The molecule has 0 aliphatic carbocycles. The minimum atomic E-state index is 0.547. The van der Waals surface area contributed by atoms with Crippen LogP contribution in [0.3, 0.4) is 0 Å². The zero-order valence-electron chi connectivity index (χ0n) is 16.3. The third kappa shape index (κ3) is 4.80. The van der Waals surface area contributed by atoms with E-state index in [-0.39, 0.29) is 0 Å². The Morgan fingerprint density at radius 1 is 0.963 bits per heavy atom. The standard InChI is InChI=1S/C26H26O/c1-20(2)22-15-13-21(14-16-22)8-6-12-26-24(10-7-19-27-3)18-17-23-9-4-5-11-25(23)26/h4-5,7,9,11,13-20H,10,12H2,1-3H3/b19-7+. The van der Waals surface area contributed by atoms with E-state index >= 15 is 0 Å². The Bertz CT molecular complexity index is 982. The molecular formula is C26H26O. The molecule has 3 aromatic carbocycles. The Morgan fingerprint density at radius 3 is 2.48 bits per heavy atom. The van der Waals surface area contributed by atoms with Gasteiger partial charge in [0.25, 0.3) is 0 Å². The van der Waals surface area contributed by atoms with Crippen LogP contribution in [0.1, 0.15) is 42.0 Å². The third-order valence-electron chi connectivity index (χ3n) is 4.78. The van der Waals surface area contributed by atoms with Crippen molar-refractivity contribution in [3.8, 4) is 11.8 Å². The van der Waals surface area contributed by atoms with Crippen molar-refractivity contribution in [1.29, 1.82) is 0 Å². The van der Waals surface area contributed by atoms with Gasteiger partial charge in [-0.3, -0.25) is 0 Å². The zero-order valence-corrected chi connectivity index (χ0v) is 16.3. The normalized spacial score (nSPS) is 11.0. The highest BCUT2D eigenvalue weighted by Gasteiger charge is 2.06. The maximum atomic E-state index is 5.05. The number of benzene rings is 3. The number of hydrogen-bond donors (Lipinski definition) is 0. The van der Waals surface area contributed by atoms with Crippen LogP contribution in [-0.4, -0.2) is 7.11 Å². The summed E-state index contributed by atoms with van der Waals surface area (Å²) in [6, 6.07) is 21.5. The Hall–Kier alpha value is -2.98. The predicted octanol–water partition coefficient (Wildman–Crippen LogP) is 6.26. The molecule has 0 unspecified atom stereocenters. The maximum Gasteiger partial charge on any atom is 0.0788 e.